The van der Waals surface area contributed by atoms with Crippen LogP contribution in [0.15, 0.2) is 47.4 Å². The number of halogens is 3. The van der Waals surface area contributed by atoms with Crippen LogP contribution >= 0.6 is 0 Å². The van der Waals surface area contributed by atoms with Gasteiger partial charge in [-0.2, -0.15) is 0 Å². The van der Waals surface area contributed by atoms with Crippen LogP contribution in [-0.2, 0) is 13.0 Å². The third-order valence-electron chi connectivity index (χ3n) is 6.24. The molecule has 1 aliphatic heterocycles. The minimum absolute atomic E-state index is 0.221. The number of ether oxygens (including phenoxy) is 1. The van der Waals surface area contributed by atoms with Gasteiger partial charge in [0.15, 0.2) is 17.4 Å². The second-order valence-electron chi connectivity index (χ2n) is 8.28. The number of pyridine rings is 1. The van der Waals surface area contributed by atoms with Gasteiger partial charge in [0, 0.05) is 19.3 Å². The van der Waals surface area contributed by atoms with E-state index in [9.17, 15) is 22.8 Å². The summed E-state index contributed by atoms with van der Waals surface area (Å²) in [5, 5.41) is -0.316. The van der Waals surface area contributed by atoms with Crippen molar-refractivity contribution in [2.45, 2.75) is 25.8 Å². The Hall–Kier alpha value is -3.29. The number of fused-ring (bicyclic) bond motifs is 1. The summed E-state index contributed by atoms with van der Waals surface area (Å²) in [7, 11) is 1.10. The fourth-order valence-corrected chi connectivity index (χ4v) is 4.53. The van der Waals surface area contributed by atoms with Gasteiger partial charge in [-0.3, -0.25) is 9.59 Å². The number of aromatic nitrogens is 1. The average Bonchev–Trinajstić information content (AvgIpc) is 2.82. The van der Waals surface area contributed by atoms with Crippen LogP contribution < -0.4 is 10.2 Å². The van der Waals surface area contributed by atoms with E-state index in [2.05, 4.69) is 12.1 Å². The third kappa shape index (κ3) is 4.47. The van der Waals surface area contributed by atoms with Crippen molar-refractivity contribution in [3.63, 3.8) is 0 Å². The number of alkyl halides is 1. The van der Waals surface area contributed by atoms with Crippen LogP contribution in [0, 0.1) is 17.6 Å². The highest BCUT2D eigenvalue weighted by Gasteiger charge is 2.28. The molecule has 1 aliphatic rings. The van der Waals surface area contributed by atoms with Crippen LogP contribution in [-0.4, -0.2) is 42.2 Å². The number of rotatable bonds is 6. The predicted molar refractivity (Wildman–Crippen MR) is 119 cm³/mol. The maximum atomic E-state index is 14.9. The van der Waals surface area contributed by atoms with Gasteiger partial charge in [-0.05, 0) is 36.8 Å². The van der Waals surface area contributed by atoms with Crippen LogP contribution in [0.4, 0.5) is 13.2 Å². The molecule has 33 heavy (non-hydrogen) atoms. The maximum Gasteiger partial charge on any atom is 0.259 e. The number of hydrogen-bond donors (Lipinski definition) is 0. The Balaban J connectivity index is 1.62. The lowest BCUT2D eigenvalue weighted by Crippen LogP contribution is -2.41. The van der Waals surface area contributed by atoms with E-state index in [1.165, 1.54) is 11.8 Å². The summed E-state index contributed by atoms with van der Waals surface area (Å²) in [5.41, 5.74) is -0.0437. The molecule has 2 heterocycles. The molecule has 0 unspecified atom stereocenters. The first-order valence-corrected chi connectivity index (χ1v) is 10.9. The van der Waals surface area contributed by atoms with Crippen molar-refractivity contribution in [3.05, 3.63) is 75.6 Å². The summed E-state index contributed by atoms with van der Waals surface area (Å²) >= 11 is 0. The van der Waals surface area contributed by atoms with Gasteiger partial charge in [-0.15, -0.1) is 0 Å². The van der Waals surface area contributed by atoms with Gasteiger partial charge < -0.3 is 14.2 Å². The molecule has 0 aliphatic carbocycles. The van der Waals surface area contributed by atoms with Gasteiger partial charge in [-0.25, -0.2) is 13.2 Å². The molecule has 0 radical (unpaired) electrons. The van der Waals surface area contributed by atoms with E-state index in [1.807, 2.05) is 18.2 Å². The summed E-state index contributed by atoms with van der Waals surface area (Å²) in [4.78, 5) is 27.8. The molecule has 1 aromatic heterocycles. The molecule has 174 valence electrons. The Morgan fingerprint density at radius 2 is 1.85 bits per heavy atom. The summed E-state index contributed by atoms with van der Waals surface area (Å²) in [5.74, 6) is -2.90. The average molecular weight is 458 g/mol. The van der Waals surface area contributed by atoms with Crippen LogP contribution in [0.2, 0.25) is 0 Å². The Morgan fingerprint density at radius 1 is 1.15 bits per heavy atom. The number of aryl methyl sites for hydroxylation is 1. The summed E-state index contributed by atoms with van der Waals surface area (Å²) in [6.07, 6.45) is 3.66. The normalized spacial score (nSPS) is 14.6. The van der Waals surface area contributed by atoms with Gasteiger partial charge in [0.2, 0.25) is 5.43 Å². The van der Waals surface area contributed by atoms with E-state index in [0.29, 0.717) is 19.0 Å². The Bertz CT molecular complexity index is 1220. The van der Waals surface area contributed by atoms with Gasteiger partial charge >= 0.3 is 0 Å². The van der Waals surface area contributed by atoms with Crippen LogP contribution in [0.1, 0.15) is 28.8 Å². The van der Waals surface area contributed by atoms with Crippen LogP contribution in [0.5, 0.6) is 5.75 Å². The molecule has 0 spiro atoms. The molecule has 2 aromatic carbocycles. The lowest BCUT2D eigenvalue weighted by Gasteiger charge is -2.32. The largest absolute Gasteiger partial charge is 0.491 e. The lowest BCUT2D eigenvalue weighted by atomic mass is 9.90. The van der Waals surface area contributed by atoms with Crippen molar-refractivity contribution in [2.75, 3.05) is 26.9 Å². The third-order valence-corrected chi connectivity index (χ3v) is 6.24. The van der Waals surface area contributed by atoms with E-state index in [0.717, 1.165) is 37.0 Å². The van der Waals surface area contributed by atoms with Crippen molar-refractivity contribution in [1.29, 1.82) is 0 Å². The van der Waals surface area contributed by atoms with Gasteiger partial charge in [0.05, 0.1) is 24.6 Å². The molecule has 8 heteroatoms. The molecule has 1 fully saturated rings. The SMILES string of the molecule is COc1c(F)cc2c(=O)c(C(=O)N3CCC(Cc4ccccc4)CC3)cn(CCF)c2c1F. The predicted octanol–water partition coefficient (Wildman–Crippen LogP) is 4.35. The maximum absolute atomic E-state index is 14.9. The molecule has 0 saturated carbocycles. The first-order valence-electron chi connectivity index (χ1n) is 10.9. The Labute approximate surface area is 189 Å². The van der Waals surface area contributed by atoms with Gasteiger partial charge in [-0.1, -0.05) is 30.3 Å². The smallest absolute Gasteiger partial charge is 0.259 e. The minimum atomic E-state index is -1.10. The Kier molecular flexibility index (Phi) is 6.72. The molecular formula is C25H25F3N2O3. The highest BCUT2D eigenvalue weighted by atomic mass is 19.1. The number of piperidine rings is 1. The zero-order valence-corrected chi connectivity index (χ0v) is 18.3. The summed E-state index contributed by atoms with van der Waals surface area (Å²) in [6.45, 7) is -0.192. The molecule has 1 saturated heterocycles. The number of amides is 1. The topological polar surface area (TPSA) is 51.5 Å². The molecule has 3 aromatic rings. The van der Waals surface area contributed by atoms with Gasteiger partial charge in [0.1, 0.15) is 12.2 Å². The van der Waals surface area contributed by atoms with Crippen molar-refractivity contribution in [1.82, 2.24) is 9.47 Å². The zero-order valence-electron chi connectivity index (χ0n) is 18.3. The molecule has 0 atom stereocenters. The second-order valence-corrected chi connectivity index (χ2v) is 8.28. The minimum Gasteiger partial charge on any atom is -0.491 e. The number of nitrogens with zero attached hydrogens (tertiary/aromatic N) is 2. The van der Waals surface area contributed by atoms with Crippen LogP contribution in [0.25, 0.3) is 10.9 Å². The molecule has 4 rings (SSSR count). The standard InChI is InChI=1S/C25H25F3N2O3/c1-33-24-20(27)14-18-22(21(24)28)30(12-9-26)15-19(23(18)31)25(32)29-10-7-17(8-11-29)13-16-5-3-2-4-6-16/h2-6,14-15,17H,7-13H2,1H3. The van der Waals surface area contributed by atoms with Crippen LogP contribution in [0.3, 0.4) is 0 Å². The number of likely N-dealkylation sites (tertiary alicyclic amines) is 1. The number of methoxy groups -OCH3 is 1. The molecule has 0 bridgehead atoms. The highest BCUT2D eigenvalue weighted by Crippen LogP contribution is 2.29. The number of carbonyl (C=O) groups is 1. The first kappa shape index (κ1) is 22.9. The first-order chi connectivity index (χ1) is 15.9. The lowest BCUT2D eigenvalue weighted by molar-refractivity contribution is 0.0688. The van der Waals surface area contributed by atoms with E-state index in [4.69, 9.17) is 4.74 Å². The summed E-state index contributed by atoms with van der Waals surface area (Å²) in [6, 6.07) is 11.0. The number of benzene rings is 2. The van der Waals surface area contributed by atoms with E-state index in [1.54, 1.807) is 4.90 Å². The fourth-order valence-electron chi connectivity index (χ4n) is 4.53. The second kappa shape index (κ2) is 9.68. The molecular weight excluding hydrogens is 433 g/mol. The Morgan fingerprint density at radius 3 is 2.48 bits per heavy atom. The highest BCUT2D eigenvalue weighted by molar-refractivity contribution is 5.97. The van der Waals surface area contributed by atoms with Crippen molar-refractivity contribution in [3.8, 4) is 5.75 Å². The van der Waals surface area contributed by atoms with E-state index >= 15 is 0 Å². The van der Waals surface area contributed by atoms with E-state index < -0.39 is 35.4 Å². The van der Waals surface area contributed by atoms with Crippen molar-refractivity contribution < 1.29 is 22.7 Å². The number of hydrogen-bond acceptors (Lipinski definition) is 3. The zero-order chi connectivity index (χ0) is 23.5. The molecule has 0 N–H and O–H groups in total. The van der Waals surface area contributed by atoms with Crippen molar-refractivity contribution >= 4 is 16.8 Å². The monoisotopic (exact) mass is 458 g/mol. The van der Waals surface area contributed by atoms with E-state index in [-0.39, 0.29) is 23.0 Å². The quantitative estimate of drug-likeness (QED) is 0.552. The fraction of sp³-hybridized carbons (Fsp3) is 0.360. The molecule has 5 nitrogen and oxygen atoms in total. The van der Waals surface area contributed by atoms with Gasteiger partial charge in [0.25, 0.3) is 5.91 Å². The molecule has 1 amide bonds. The van der Waals surface area contributed by atoms with Crippen molar-refractivity contribution in [2.24, 2.45) is 5.92 Å². The summed E-state index contributed by atoms with van der Waals surface area (Å²) < 4.78 is 48.2. The number of carbonyl (C=O) groups excluding carboxylic acids is 1.